The summed E-state index contributed by atoms with van der Waals surface area (Å²) < 4.78 is 38.6. The molecule has 1 aliphatic rings. The first-order chi connectivity index (χ1) is 17.2. The molecule has 1 saturated heterocycles. The zero-order valence-electron chi connectivity index (χ0n) is 21.0. The van der Waals surface area contributed by atoms with Crippen LogP contribution in [0, 0.1) is 5.92 Å². The van der Waals surface area contributed by atoms with Crippen LogP contribution in [0.5, 0.6) is 5.88 Å². The van der Waals surface area contributed by atoms with E-state index in [-0.39, 0.29) is 30.0 Å². The van der Waals surface area contributed by atoms with Gasteiger partial charge in [0.15, 0.2) is 0 Å². The van der Waals surface area contributed by atoms with Crippen LogP contribution in [-0.4, -0.2) is 80.4 Å². The van der Waals surface area contributed by atoms with E-state index in [1.807, 2.05) is 44.2 Å². The maximum atomic E-state index is 13.5. The van der Waals surface area contributed by atoms with Gasteiger partial charge in [-0.25, -0.2) is 18.2 Å². The van der Waals surface area contributed by atoms with Crippen LogP contribution in [0.15, 0.2) is 53.6 Å². The van der Waals surface area contributed by atoms with Crippen LogP contribution in [-0.2, 0) is 21.2 Å². The Bertz CT molecular complexity index is 1060. The number of methoxy groups -OCH3 is 1. The number of rotatable bonds is 12. The maximum Gasteiger partial charge on any atom is 0.407 e. The van der Waals surface area contributed by atoms with E-state index in [1.54, 1.807) is 0 Å². The van der Waals surface area contributed by atoms with Crippen molar-refractivity contribution in [3.8, 4) is 5.88 Å². The molecule has 3 atom stereocenters. The lowest BCUT2D eigenvalue weighted by molar-refractivity contribution is 0.0756. The molecular formula is C25H36N4O6S. The Morgan fingerprint density at radius 2 is 1.97 bits per heavy atom. The third-order valence-corrected chi connectivity index (χ3v) is 7.69. The smallest absolute Gasteiger partial charge is 0.407 e. The van der Waals surface area contributed by atoms with Crippen molar-refractivity contribution in [2.75, 3.05) is 33.3 Å². The zero-order chi connectivity index (χ0) is 26.1. The van der Waals surface area contributed by atoms with Gasteiger partial charge in [-0.2, -0.15) is 4.31 Å². The largest absolute Gasteiger partial charge is 0.481 e. The number of carbonyl (C=O) groups excluding carboxylic acids is 1. The second-order valence-electron chi connectivity index (χ2n) is 9.28. The van der Waals surface area contributed by atoms with Crippen LogP contribution in [0.2, 0.25) is 0 Å². The number of ether oxygens (including phenoxy) is 2. The molecule has 0 bridgehead atoms. The van der Waals surface area contributed by atoms with Crippen molar-refractivity contribution in [3.63, 3.8) is 0 Å². The van der Waals surface area contributed by atoms with E-state index >= 15 is 0 Å². The van der Waals surface area contributed by atoms with E-state index in [2.05, 4.69) is 15.6 Å². The van der Waals surface area contributed by atoms with E-state index in [1.165, 1.54) is 29.7 Å². The van der Waals surface area contributed by atoms with Gasteiger partial charge in [0.25, 0.3) is 0 Å². The molecule has 0 spiro atoms. The molecule has 1 amide bonds. The summed E-state index contributed by atoms with van der Waals surface area (Å²) in [6, 6.07) is 11.5. The summed E-state index contributed by atoms with van der Waals surface area (Å²) in [6.07, 6.45) is 0.191. The Morgan fingerprint density at radius 3 is 2.56 bits per heavy atom. The number of amides is 1. The molecule has 10 nitrogen and oxygen atoms in total. The number of aliphatic hydroxyl groups is 1. The fourth-order valence-corrected chi connectivity index (χ4v) is 5.59. The Kier molecular flexibility index (Phi) is 10.1. The van der Waals surface area contributed by atoms with Crippen molar-refractivity contribution in [1.29, 1.82) is 0 Å². The summed E-state index contributed by atoms with van der Waals surface area (Å²) in [5.74, 6) is 0.297. The number of nitrogens with one attached hydrogen (secondary N) is 2. The first kappa shape index (κ1) is 27.9. The van der Waals surface area contributed by atoms with Gasteiger partial charge in [0.05, 0.1) is 25.5 Å². The van der Waals surface area contributed by atoms with Gasteiger partial charge < -0.3 is 25.2 Å². The number of hydrogen-bond donors (Lipinski definition) is 3. The fourth-order valence-electron chi connectivity index (χ4n) is 4.02. The molecule has 0 saturated carbocycles. The molecule has 3 N–H and O–H groups in total. The van der Waals surface area contributed by atoms with Crippen LogP contribution >= 0.6 is 0 Å². The molecule has 36 heavy (non-hydrogen) atoms. The molecular weight excluding hydrogens is 484 g/mol. The lowest BCUT2D eigenvalue weighted by Gasteiger charge is -2.30. The SMILES string of the molecule is COc1ccc(S(=O)(=O)N(CC(C)C)C[C@@H](O)[C@H](Cc2ccccc2)NC(=O)O[C@@H]2CCNC2)cn1. The maximum absolute atomic E-state index is 13.5. The van der Waals surface area contributed by atoms with E-state index in [0.29, 0.717) is 18.8 Å². The lowest BCUT2D eigenvalue weighted by atomic mass is 10.0. The minimum atomic E-state index is -3.97. The number of hydrogen-bond acceptors (Lipinski definition) is 8. The third-order valence-electron chi connectivity index (χ3n) is 5.87. The quantitative estimate of drug-likeness (QED) is 0.386. The van der Waals surface area contributed by atoms with Crippen LogP contribution in [0.3, 0.4) is 0 Å². The molecule has 1 aromatic carbocycles. The number of aromatic nitrogens is 1. The highest BCUT2D eigenvalue weighted by molar-refractivity contribution is 7.89. The number of nitrogens with zero attached hydrogens (tertiary/aromatic N) is 2. The Morgan fingerprint density at radius 1 is 1.22 bits per heavy atom. The summed E-state index contributed by atoms with van der Waals surface area (Å²) in [5, 5.41) is 17.1. The molecule has 0 aliphatic carbocycles. The van der Waals surface area contributed by atoms with Crippen LogP contribution in [0.25, 0.3) is 0 Å². The monoisotopic (exact) mass is 520 g/mol. The van der Waals surface area contributed by atoms with Gasteiger partial charge in [-0.05, 0) is 36.9 Å². The predicted octanol–water partition coefficient (Wildman–Crippen LogP) is 1.80. The van der Waals surface area contributed by atoms with Crippen molar-refractivity contribution in [1.82, 2.24) is 19.9 Å². The predicted molar refractivity (Wildman–Crippen MR) is 135 cm³/mol. The average Bonchev–Trinajstić information content (AvgIpc) is 3.36. The second-order valence-corrected chi connectivity index (χ2v) is 11.2. The number of carbonyl (C=O) groups is 1. The van der Waals surface area contributed by atoms with Gasteiger partial charge in [0.1, 0.15) is 11.0 Å². The first-order valence-electron chi connectivity index (χ1n) is 12.1. The molecule has 0 radical (unpaired) electrons. The Labute approximate surface area is 213 Å². The number of aliphatic hydroxyl groups excluding tert-OH is 1. The molecule has 11 heteroatoms. The number of alkyl carbamates (subject to hydrolysis) is 1. The molecule has 3 rings (SSSR count). The van der Waals surface area contributed by atoms with Crippen molar-refractivity contribution in [2.24, 2.45) is 5.92 Å². The van der Waals surface area contributed by atoms with Gasteiger partial charge in [0.2, 0.25) is 15.9 Å². The minimum absolute atomic E-state index is 0.00135. The summed E-state index contributed by atoms with van der Waals surface area (Å²) in [6.45, 7) is 5.12. The topological polar surface area (TPSA) is 130 Å². The van der Waals surface area contributed by atoms with Gasteiger partial charge in [-0.15, -0.1) is 0 Å². The van der Waals surface area contributed by atoms with E-state index in [4.69, 9.17) is 9.47 Å². The van der Waals surface area contributed by atoms with Crippen LogP contribution < -0.4 is 15.4 Å². The lowest BCUT2D eigenvalue weighted by Crippen LogP contribution is -2.51. The third kappa shape index (κ3) is 7.89. The zero-order valence-corrected chi connectivity index (χ0v) is 21.8. The molecule has 198 valence electrons. The van der Waals surface area contributed by atoms with Crippen molar-refractivity contribution >= 4 is 16.1 Å². The van der Waals surface area contributed by atoms with Gasteiger partial charge in [-0.3, -0.25) is 0 Å². The van der Waals surface area contributed by atoms with Crippen LogP contribution in [0.1, 0.15) is 25.8 Å². The highest BCUT2D eigenvalue weighted by Gasteiger charge is 2.32. The molecule has 1 aliphatic heterocycles. The van der Waals surface area contributed by atoms with Crippen molar-refractivity contribution in [2.45, 2.75) is 49.8 Å². The molecule has 1 aromatic heterocycles. The number of pyridine rings is 1. The molecule has 2 aromatic rings. The molecule has 0 unspecified atom stereocenters. The normalized spacial score (nSPS) is 17.7. The van der Waals surface area contributed by atoms with Gasteiger partial charge >= 0.3 is 6.09 Å². The Balaban J connectivity index is 1.80. The molecule has 1 fully saturated rings. The summed E-state index contributed by atoms with van der Waals surface area (Å²) >= 11 is 0. The number of sulfonamides is 1. The number of benzene rings is 1. The molecule has 2 heterocycles. The van der Waals surface area contributed by atoms with E-state index < -0.39 is 28.3 Å². The first-order valence-corrected chi connectivity index (χ1v) is 13.5. The minimum Gasteiger partial charge on any atom is -0.481 e. The summed E-state index contributed by atoms with van der Waals surface area (Å²) in [4.78, 5) is 16.6. The van der Waals surface area contributed by atoms with E-state index in [9.17, 15) is 18.3 Å². The van der Waals surface area contributed by atoms with Gasteiger partial charge in [0, 0.05) is 25.7 Å². The summed E-state index contributed by atoms with van der Waals surface area (Å²) in [7, 11) is -2.52. The highest BCUT2D eigenvalue weighted by atomic mass is 32.2. The van der Waals surface area contributed by atoms with Crippen molar-refractivity contribution in [3.05, 3.63) is 54.2 Å². The average molecular weight is 521 g/mol. The summed E-state index contributed by atoms with van der Waals surface area (Å²) in [5.41, 5.74) is 0.891. The standard InChI is InChI=1S/C25H36N4O6S/c1-18(2)16-29(36(32,33)21-9-10-24(34-3)27-15-21)17-23(30)22(13-19-7-5-4-6-8-19)28-25(31)35-20-11-12-26-14-20/h4-10,15,18,20,22-23,26,30H,11-14,16-17H2,1-3H3,(H,28,31)/t20-,22+,23-/m1/s1. The fraction of sp³-hybridized carbons (Fsp3) is 0.520. The van der Waals surface area contributed by atoms with Gasteiger partial charge in [-0.1, -0.05) is 44.2 Å². The van der Waals surface area contributed by atoms with Crippen molar-refractivity contribution < 1.29 is 27.8 Å². The second kappa shape index (κ2) is 13.0. The Hall–Kier alpha value is -2.73. The van der Waals surface area contributed by atoms with E-state index in [0.717, 1.165) is 18.5 Å². The van der Waals surface area contributed by atoms with Crippen LogP contribution in [0.4, 0.5) is 4.79 Å². The highest BCUT2D eigenvalue weighted by Crippen LogP contribution is 2.20.